The van der Waals surface area contributed by atoms with Crippen LogP contribution in [0.2, 0.25) is 0 Å². The first-order valence-corrected chi connectivity index (χ1v) is 10.2. The molecule has 1 aliphatic heterocycles. The Balaban J connectivity index is 1.47. The number of amides is 1. The Hall–Kier alpha value is -2.03. The molecule has 7 nitrogen and oxygen atoms in total. The normalized spacial score (nSPS) is 27.2. The highest BCUT2D eigenvalue weighted by atomic mass is 32.2. The van der Waals surface area contributed by atoms with E-state index in [4.69, 9.17) is 4.74 Å². The van der Waals surface area contributed by atoms with Crippen LogP contribution in [0.4, 0.5) is 0 Å². The molecule has 0 unspecified atom stereocenters. The van der Waals surface area contributed by atoms with Crippen LogP contribution in [0.1, 0.15) is 23.2 Å². The van der Waals surface area contributed by atoms with Crippen LogP contribution in [-0.4, -0.2) is 50.6 Å². The van der Waals surface area contributed by atoms with Gasteiger partial charge in [-0.3, -0.25) is 4.79 Å². The summed E-state index contributed by atoms with van der Waals surface area (Å²) in [7, 11) is -3.63. The zero-order valence-electron chi connectivity index (χ0n) is 14.3. The molecule has 2 aliphatic carbocycles. The average molecular weight is 375 g/mol. The predicted molar refractivity (Wildman–Crippen MR) is 96.3 cm³/mol. The standard InChI is InChI=1S/C18H21N3O4S/c22-18(20-19-17-12-13-3-2-6-16(13)17)14-4-1-5-15(11-14)26(23,24)21-7-9-25-10-8-21/h1-5,11,13,16H,6-10,12H2,(H,20,22)/b19-17-/t13-,16-/m1/s1. The first-order chi connectivity index (χ1) is 12.6. The summed E-state index contributed by atoms with van der Waals surface area (Å²) in [4.78, 5) is 12.5. The number of ether oxygens (including phenoxy) is 1. The van der Waals surface area contributed by atoms with Crippen molar-refractivity contribution in [2.75, 3.05) is 26.3 Å². The van der Waals surface area contributed by atoms with E-state index < -0.39 is 15.9 Å². The number of fused-ring (bicyclic) bond motifs is 1. The highest BCUT2D eigenvalue weighted by Crippen LogP contribution is 2.40. The van der Waals surface area contributed by atoms with Crippen LogP contribution >= 0.6 is 0 Å². The third-order valence-corrected chi connectivity index (χ3v) is 7.06. The lowest BCUT2D eigenvalue weighted by atomic mass is 9.74. The Morgan fingerprint density at radius 3 is 2.85 bits per heavy atom. The van der Waals surface area contributed by atoms with Gasteiger partial charge in [0.1, 0.15) is 0 Å². The highest BCUT2D eigenvalue weighted by molar-refractivity contribution is 7.89. The molecule has 1 aromatic rings. The zero-order chi connectivity index (χ0) is 18.1. The summed E-state index contributed by atoms with van der Waals surface area (Å²) in [5.41, 5.74) is 3.85. The van der Waals surface area contributed by atoms with E-state index in [1.54, 1.807) is 12.1 Å². The Bertz CT molecular complexity index is 872. The van der Waals surface area contributed by atoms with Crippen molar-refractivity contribution in [3.8, 4) is 0 Å². The number of hydrogen-bond donors (Lipinski definition) is 1. The molecule has 0 aromatic heterocycles. The van der Waals surface area contributed by atoms with E-state index in [0.717, 1.165) is 18.6 Å². The van der Waals surface area contributed by atoms with Crippen molar-refractivity contribution >= 4 is 21.6 Å². The van der Waals surface area contributed by atoms with E-state index in [1.165, 1.54) is 16.4 Å². The lowest BCUT2D eigenvalue weighted by Crippen LogP contribution is -2.40. The average Bonchev–Trinajstić information content (AvgIpc) is 3.03. The maximum absolute atomic E-state index is 12.7. The lowest BCUT2D eigenvalue weighted by Gasteiger charge is -2.31. The second-order valence-corrected chi connectivity index (χ2v) is 8.66. The van der Waals surface area contributed by atoms with Crippen molar-refractivity contribution in [3.63, 3.8) is 0 Å². The second-order valence-electron chi connectivity index (χ2n) is 6.73. The van der Waals surface area contributed by atoms with E-state index in [9.17, 15) is 13.2 Å². The molecule has 26 heavy (non-hydrogen) atoms. The van der Waals surface area contributed by atoms with Gasteiger partial charge in [0.25, 0.3) is 5.91 Å². The van der Waals surface area contributed by atoms with Gasteiger partial charge in [-0.15, -0.1) is 0 Å². The Kier molecular flexibility index (Phi) is 4.64. The minimum Gasteiger partial charge on any atom is -0.379 e. The van der Waals surface area contributed by atoms with Gasteiger partial charge < -0.3 is 4.74 Å². The molecule has 1 amide bonds. The molecule has 138 valence electrons. The number of carbonyl (C=O) groups is 1. The lowest BCUT2D eigenvalue weighted by molar-refractivity contribution is 0.0730. The fraction of sp³-hybridized carbons (Fsp3) is 0.444. The van der Waals surface area contributed by atoms with E-state index in [0.29, 0.717) is 38.1 Å². The van der Waals surface area contributed by atoms with Crippen molar-refractivity contribution < 1.29 is 17.9 Å². The van der Waals surface area contributed by atoms with Gasteiger partial charge in [-0.2, -0.15) is 9.41 Å². The van der Waals surface area contributed by atoms with Crippen molar-refractivity contribution in [1.29, 1.82) is 0 Å². The molecular weight excluding hydrogens is 354 g/mol. The molecule has 4 rings (SSSR count). The largest absolute Gasteiger partial charge is 0.379 e. The molecule has 0 spiro atoms. The van der Waals surface area contributed by atoms with Gasteiger partial charge in [0.2, 0.25) is 10.0 Å². The minimum atomic E-state index is -3.63. The summed E-state index contributed by atoms with van der Waals surface area (Å²) in [6.45, 7) is 1.41. The third-order valence-electron chi connectivity index (χ3n) is 5.17. The maximum atomic E-state index is 12.7. The number of rotatable bonds is 4. The minimum absolute atomic E-state index is 0.114. The van der Waals surface area contributed by atoms with Crippen LogP contribution < -0.4 is 5.43 Å². The van der Waals surface area contributed by atoms with E-state index in [-0.39, 0.29) is 10.5 Å². The van der Waals surface area contributed by atoms with Crippen molar-refractivity contribution in [2.24, 2.45) is 16.9 Å². The molecular formula is C18H21N3O4S. The van der Waals surface area contributed by atoms with Crippen molar-refractivity contribution in [2.45, 2.75) is 17.7 Å². The summed E-state index contributed by atoms with van der Waals surface area (Å²) in [5, 5.41) is 4.23. The van der Waals surface area contributed by atoms with Crippen LogP contribution in [0.5, 0.6) is 0 Å². The summed E-state index contributed by atoms with van der Waals surface area (Å²) in [6, 6.07) is 6.08. The smallest absolute Gasteiger partial charge is 0.271 e. The van der Waals surface area contributed by atoms with Crippen LogP contribution in [0.25, 0.3) is 0 Å². The summed E-state index contributed by atoms with van der Waals surface area (Å²) in [6.07, 6.45) is 6.21. The van der Waals surface area contributed by atoms with Gasteiger partial charge in [0.15, 0.2) is 0 Å². The molecule has 1 aromatic carbocycles. The number of benzene rings is 1. The topological polar surface area (TPSA) is 88.1 Å². The Morgan fingerprint density at radius 1 is 1.27 bits per heavy atom. The predicted octanol–water partition coefficient (Wildman–Crippen LogP) is 1.39. The van der Waals surface area contributed by atoms with E-state index in [2.05, 4.69) is 22.7 Å². The molecule has 1 saturated carbocycles. The van der Waals surface area contributed by atoms with Crippen molar-refractivity contribution in [1.82, 2.24) is 9.73 Å². The molecule has 1 saturated heterocycles. The molecule has 0 radical (unpaired) electrons. The summed E-state index contributed by atoms with van der Waals surface area (Å²) >= 11 is 0. The van der Waals surface area contributed by atoms with E-state index >= 15 is 0 Å². The summed E-state index contributed by atoms with van der Waals surface area (Å²) in [5.74, 6) is 0.585. The number of morpholine rings is 1. The monoisotopic (exact) mass is 375 g/mol. The maximum Gasteiger partial charge on any atom is 0.271 e. The van der Waals surface area contributed by atoms with Crippen LogP contribution in [-0.2, 0) is 14.8 Å². The first kappa shape index (κ1) is 17.4. The quantitative estimate of drug-likeness (QED) is 0.636. The highest BCUT2D eigenvalue weighted by Gasteiger charge is 2.38. The number of sulfonamides is 1. The molecule has 2 fully saturated rings. The van der Waals surface area contributed by atoms with Gasteiger partial charge >= 0.3 is 0 Å². The Morgan fingerprint density at radius 2 is 2.08 bits per heavy atom. The Labute approximate surface area is 152 Å². The number of carbonyl (C=O) groups excluding carboxylic acids is 1. The van der Waals surface area contributed by atoms with Gasteiger partial charge in [-0.25, -0.2) is 13.8 Å². The van der Waals surface area contributed by atoms with Gasteiger partial charge in [-0.1, -0.05) is 18.2 Å². The van der Waals surface area contributed by atoms with Crippen LogP contribution in [0.3, 0.4) is 0 Å². The molecule has 1 N–H and O–H groups in total. The van der Waals surface area contributed by atoms with Gasteiger partial charge in [0, 0.05) is 30.3 Å². The molecule has 0 bridgehead atoms. The second kappa shape index (κ2) is 6.94. The number of allylic oxidation sites excluding steroid dienone is 2. The fourth-order valence-corrected chi connectivity index (χ4v) is 5.04. The third kappa shape index (κ3) is 3.20. The molecule has 8 heteroatoms. The number of nitrogens with zero attached hydrogens (tertiary/aromatic N) is 2. The van der Waals surface area contributed by atoms with Crippen LogP contribution in [0, 0.1) is 11.8 Å². The van der Waals surface area contributed by atoms with E-state index in [1.807, 2.05) is 0 Å². The number of hydrazone groups is 1. The number of nitrogens with one attached hydrogen (secondary N) is 1. The number of hydrogen-bond acceptors (Lipinski definition) is 5. The van der Waals surface area contributed by atoms with Crippen LogP contribution in [0.15, 0.2) is 46.4 Å². The van der Waals surface area contributed by atoms with Gasteiger partial charge in [-0.05, 0) is 37.0 Å². The SMILES string of the molecule is O=C(N/N=C1/C[C@H]2C=CC[C@@H]12)c1cccc(S(=O)(=O)N2CCOCC2)c1. The van der Waals surface area contributed by atoms with Gasteiger partial charge in [0.05, 0.1) is 18.1 Å². The zero-order valence-corrected chi connectivity index (χ0v) is 15.1. The molecule has 2 atom stereocenters. The van der Waals surface area contributed by atoms with Crippen molar-refractivity contribution in [3.05, 3.63) is 42.0 Å². The fourth-order valence-electron chi connectivity index (χ4n) is 3.58. The first-order valence-electron chi connectivity index (χ1n) is 8.77. The molecule has 3 aliphatic rings. The summed E-state index contributed by atoms with van der Waals surface area (Å²) < 4.78 is 32.0. The molecule has 1 heterocycles.